The van der Waals surface area contributed by atoms with E-state index in [1.54, 1.807) is 12.1 Å². The SMILES string of the molecule is O=C1c2ccccc2C(=O)N1N1C2C3C=CC(C3)C21. The van der Waals surface area contributed by atoms with Crippen molar-refractivity contribution in [3.05, 3.63) is 47.5 Å². The molecule has 2 fully saturated rings. The molecule has 4 aliphatic rings. The highest BCUT2D eigenvalue weighted by molar-refractivity contribution is 6.21. The molecule has 1 saturated heterocycles. The molecule has 2 aliphatic carbocycles. The molecule has 0 aromatic heterocycles. The number of rotatable bonds is 1. The van der Waals surface area contributed by atoms with Crippen molar-refractivity contribution in [2.75, 3.05) is 0 Å². The summed E-state index contributed by atoms with van der Waals surface area (Å²) in [7, 11) is 0. The molecule has 5 rings (SSSR count). The molecule has 19 heavy (non-hydrogen) atoms. The van der Waals surface area contributed by atoms with Gasteiger partial charge in [-0.3, -0.25) is 9.59 Å². The minimum atomic E-state index is -0.158. The van der Waals surface area contributed by atoms with E-state index in [0.29, 0.717) is 35.0 Å². The van der Waals surface area contributed by atoms with Crippen molar-refractivity contribution in [3.8, 4) is 0 Å². The number of hydrazine groups is 1. The van der Waals surface area contributed by atoms with Crippen molar-refractivity contribution >= 4 is 11.8 Å². The largest absolute Gasteiger partial charge is 0.276 e. The molecule has 0 spiro atoms. The van der Waals surface area contributed by atoms with Crippen molar-refractivity contribution < 1.29 is 9.59 Å². The Labute approximate surface area is 110 Å². The summed E-state index contributed by atoms with van der Waals surface area (Å²) in [5, 5.41) is 3.38. The van der Waals surface area contributed by atoms with E-state index in [9.17, 15) is 9.59 Å². The van der Waals surface area contributed by atoms with Crippen LogP contribution in [0.2, 0.25) is 0 Å². The maximum absolute atomic E-state index is 12.4. The molecule has 4 unspecified atom stereocenters. The minimum absolute atomic E-state index is 0.158. The summed E-state index contributed by atoms with van der Waals surface area (Å²) in [6, 6.07) is 7.84. The Morgan fingerprint density at radius 2 is 1.42 bits per heavy atom. The lowest BCUT2D eigenvalue weighted by molar-refractivity contribution is 0.0294. The van der Waals surface area contributed by atoms with Gasteiger partial charge in [-0.1, -0.05) is 24.3 Å². The van der Waals surface area contributed by atoms with E-state index >= 15 is 0 Å². The zero-order valence-corrected chi connectivity index (χ0v) is 10.2. The third kappa shape index (κ3) is 1.01. The molecule has 0 N–H and O–H groups in total. The number of benzene rings is 1. The van der Waals surface area contributed by atoms with Crippen molar-refractivity contribution in [2.24, 2.45) is 11.8 Å². The zero-order chi connectivity index (χ0) is 12.7. The number of amides is 2. The maximum atomic E-state index is 12.4. The molecule has 0 radical (unpaired) electrons. The molecule has 4 nitrogen and oxygen atoms in total. The smallest absolute Gasteiger partial charge is 0.267 e. The van der Waals surface area contributed by atoms with Crippen LogP contribution in [0.15, 0.2) is 36.4 Å². The van der Waals surface area contributed by atoms with Crippen molar-refractivity contribution in [2.45, 2.75) is 18.5 Å². The lowest BCUT2D eigenvalue weighted by atomic mass is 10.1. The Morgan fingerprint density at radius 3 is 1.95 bits per heavy atom. The van der Waals surface area contributed by atoms with Crippen LogP contribution in [0.1, 0.15) is 27.1 Å². The average Bonchev–Trinajstić information content (AvgIpc) is 2.77. The third-order valence-corrected chi connectivity index (χ3v) is 4.90. The zero-order valence-electron chi connectivity index (χ0n) is 10.2. The van der Waals surface area contributed by atoms with Crippen molar-refractivity contribution in [1.82, 2.24) is 10.0 Å². The first kappa shape index (κ1) is 9.92. The lowest BCUT2D eigenvalue weighted by Crippen LogP contribution is -2.39. The van der Waals surface area contributed by atoms with Gasteiger partial charge in [0.05, 0.1) is 23.2 Å². The molecule has 4 atom stereocenters. The predicted molar refractivity (Wildman–Crippen MR) is 67.1 cm³/mol. The fourth-order valence-electron chi connectivity index (χ4n) is 4.07. The van der Waals surface area contributed by atoms with E-state index in [-0.39, 0.29) is 11.8 Å². The van der Waals surface area contributed by atoms with Crippen LogP contribution in [0.4, 0.5) is 0 Å². The summed E-state index contributed by atoms with van der Waals surface area (Å²) in [6.45, 7) is 0. The molecule has 1 saturated carbocycles. The predicted octanol–water partition coefficient (Wildman–Crippen LogP) is 1.46. The minimum Gasteiger partial charge on any atom is -0.267 e. The first-order valence-corrected chi connectivity index (χ1v) is 6.72. The number of fused-ring (bicyclic) bond motifs is 6. The molecule has 2 heterocycles. The molecule has 2 amide bonds. The van der Waals surface area contributed by atoms with E-state index in [1.807, 2.05) is 17.1 Å². The van der Waals surface area contributed by atoms with Crippen LogP contribution in [0.5, 0.6) is 0 Å². The average molecular weight is 252 g/mol. The van der Waals surface area contributed by atoms with Gasteiger partial charge in [-0.2, -0.15) is 0 Å². The molecular weight excluding hydrogens is 240 g/mol. The van der Waals surface area contributed by atoms with Crippen molar-refractivity contribution in [3.63, 3.8) is 0 Å². The van der Waals surface area contributed by atoms with Gasteiger partial charge in [0.2, 0.25) is 0 Å². The van der Waals surface area contributed by atoms with Gasteiger partial charge in [-0.25, -0.2) is 10.0 Å². The maximum Gasteiger partial charge on any atom is 0.276 e. The Hall–Kier alpha value is -1.94. The van der Waals surface area contributed by atoms with Gasteiger partial charge in [0, 0.05) is 0 Å². The Balaban J connectivity index is 1.54. The number of carbonyl (C=O) groups excluding carboxylic acids is 2. The fourth-order valence-corrected chi connectivity index (χ4v) is 4.07. The molecule has 94 valence electrons. The van der Waals surface area contributed by atoms with E-state index in [2.05, 4.69) is 12.2 Å². The standard InChI is InChI=1S/C15H12N2O2/c18-14-10-3-1-2-4-11(10)15(19)17(14)16-12-8-5-6-9(7-8)13(12)16/h1-6,8-9,12-13H,7H2. The Bertz CT molecular complexity index is 613. The van der Waals surface area contributed by atoms with Gasteiger partial charge in [0.15, 0.2) is 0 Å². The van der Waals surface area contributed by atoms with Gasteiger partial charge in [-0.15, -0.1) is 0 Å². The summed E-state index contributed by atoms with van der Waals surface area (Å²) >= 11 is 0. The lowest BCUT2D eigenvalue weighted by Gasteiger charge is -2.20. The first-order valence-electron chi connectivity index (χ1n) is 6.72. The van der Waals surface area contributed by atoms with E-state index in [0.717, 1.165) is 0 Å². The summed E-state index contributed by atoms with van der Waals surface area (Å²) in [5.41, 5.74) is 1.08. The van der Waals surface area contributed by atoms with E-state index in [1.165, 1.54) is 11.4 Å². The summed E-state index contributed by atoms with van der Waals surface area (Å²) in [6.07, 6.45) is 5.67. The summed E-state index contributed by atoms with van der Waals surface area (Å²) in [4.78, 5) is 24.8. The monoisotopic (exact) mass is 252 g/mol. The molecule has 1 aromatic carbocycles. The summed E-state index contributed by atoms with van der Waals surface area (Å²) in [5.74, 6) is 0.738. The van der Waals surface area contributed by atoms with Crippen LogP contribution in [0.25, 0.3) is 0 Å². The Kier molecular flexibility index (Phi) is 1.55. The van der Waals surface area contributed by atoms with E-state index in [4.69, 9.17) is 0 Å². The normalized spacial score (nSPS) is 40.8. The molecule has 2 bridgehead atoms. The fraction of sp³-hybridized carbons (Fsp3) is 0.333. The highest BCUT2D eigenvalue weighted by Gasteiger charge is 2.67. The van der Waals surface area contributed by atoms with Crippen LogP contribution in [0, 0.1) is 11.8 Å². The molecule has 1 aromatic rings. The van der Waals surface area contributed by atoms with Gasteiger partial charge >= 0.3 is 0 Å². The van der Waals surface area contributed by atoms with Crippen LogP contribution < -0.4 is 0 Å². The van der Waals surface area contributed by atoms with Crippen LogP contribution in [-0.4, -0.2) is 33.9 Å². The Morgan fingerprint density at radius 1 is 0.895 bits per heavy atom. The topological polar surface area (TPSA) is 40.4 Å². The van der Waals surface area contributed by atoms with Crippen LogP contribution in [0.3, 0.4) is 0 Å². The van der Waals surface area contributed by atoms with Crippen LogP contribution >= 0.6 is 0 Å². The van der Waals surface area contributed by atoms with E-state index < -0.39 is 0 Å². The highest BCUT2D eigenvalue weighted by Crippen LogP contribution is 2.56. The third-order valence-electron chi connectivity index (χ3n) is 4.90. The van der Waals surface area contributed by atoms with Gasteiger partial charge in [-0.05, 0) is 30.4 Å². The van der Waals surface area contributed by atoms with Crippen molar-refractivity contribution in [1.29, 1.82) is 0 Å². The second kappa shape index (κ2) is 2.96. The molecule has 4 heteroatoms. The second-order valence-electron chi connectivity index (χ2n) is 5.78. The quantitative estimate of drug-likeness (QED) is 0.431. The molecule has 2 aliphatic heterocycles. The van der Waals surface area contributed by atoms with Gasteiger partial charge in [0.1, 0.15) is 0 Å². The van der Waals surface area contributed by atoms with Crippen LogP contribution in [-0.2, 0) is 0 Å². The number of piperidine rings is 1. The van der Waals surface area contributed by atoms with Gasteiger partial charge in [0.25, 0.3) is 11.8 Å². The number of imide groups is 1. The number of hydrogen-bond donors (Lipinski definition) is 0. The number of hydrogen-bond acceptors (Lipinski definition) is 3. The highest BCUT2D eigenvalue weighted by atomic mass is 16.2. The summed E-state index contributed by atoms with van der Waals surface area (Å²) < 4.78 is 0. The second-order valence-corrected chi connectivity index (χ2v) is 5.78. The molecular formula is C15H12N2O2. The first-order chi connectivity index (χ1) is 9.27. The van der Waals surface area contributed by atoms with Gasteiger partial charge < -0.3 is 0 Å². The number of nitrogens with zero attached hydrogens (tertiary/aromatic N) is 2. The number of carbonyl (C=O) groups is 2.